The Bertz CT molecular complexity index is 531. The van der Waals surface area contributed by atoms with Gasteiger partial charge in [-0.3, -0.25) is 0 Å². The highest BCUT2D eigenvalue weighted by atomic mass is 127. The van der Waals surface area contributed by atoms with Crippen LogP contribution in [-0.4, -0.2) is 11.7 Å². The summed E-state index contributed by atoms with van der Waals surface area (Å²) in [7, 11) is 0. The van der Waals surface area contributed by atoms with Gasteiger partial charge in [-0.05, 0) is 61.6 Å². The molecule has 0 aromatic heterocycles. The molecular formula is C14H15ClINO2. The molecule has 0 saturated heterocycles. The van der Waals surface area contributed by atoms with E-state index < -0.39 is 11.7 Å². The van der Waals surface area contributed by atoms with Crippen LogP contribution in [0, 0.1) is 3.57 Å². The number of ether oxygens (including phenoxy) is 1. The summed E-state index contributed by atoms with van der Waals surface area (Å²) in [6.45, 7) is 8.93. The smallest absolute Gasteiger partial charge is 0.419 e. The fourth-order valence-corrected chi connectivity index (χ4v) is 2.43. The lowest BCUT2D eigenvalue weighted by Crippen LogP contribution is -2.33. The molecule has 1 amide bonds. The summed E-state index contributed by atoms with van der Waals surface area (Å²) in [5.41, 5.74) is 2.70. The number of amides is 1. The number of anilines is 1. The van der Waals surface area contributed by atoms with Gasteiger partial charge in [-0.1, -0.05) is 18.2 Å². The van der Waals surface area contributed by atoms with E-state index in [-0.39, 0.29) is 0 Å². The van der Waals surface area contributed by atoms with Crippen molar-refractivity contribution in [1.29, 1.82) is 0 Å². The normalized spacial score (nSPS) is 10.6. The number of halogens is 2. The number of nitrogens with zero attached hydrogens (tertiary/aromatic N) is 1. The minimum absolute atomic E-state index is 0.483. The molecule has 0 unspecified atom stereocenters. The van der Waals surface area contributed by atoms with E-state index in [1.165, 1.54) is 11.1 Å². The maximum Gasteiger partial charge on any atom is 0.419 e. The zero-order valence-corrected chi connectivity index (χ0v) is 13.9. The summed E-state index contributed by atoms with van der Waals surface area (Å²) in [5, 5.41) is 0.611. The van der Waals surface area contributed by atoms with E-state index in [9.17, 15) is 4.79 Å². The molecule has 5 heteroatoms. The summed E-state index contributed by atoms with van der Waals surface area (Å²) >= 11 is 8.02. The van der Waals surface area contributed by atoms with Crippen LogP contribution in [0.5, 0.6) is 0 Å². The van der Waals surface area contributed by atoms with E-state index in [1.54, 1.807) is 18.2 Å². The molecule has 19 heavy (non-hydrogen) atoms. The lowest BCUT2D eigenvalue weighted by Gasteiger charge is -2.25. The zero-order chi connectivity index (χ0) is 14.6. The van der Waals surface area contributed by atoms with Crippen LogP contribution in [0.2, 0.25) is 5.02 Å². The topological polar surface area (TPSA) is 29.5 Å². The van der Waals surface area contributed by atoms with E-state index in [0.717, 1.165) is 3.57 Å². The first-order chi connectivity index (χ1) is 8.74. The summed E-state index contributed by atoms with van der Waals surface area (Å²) in [6, 6.07) is 5.24. The SMILES string of the molecule is C=C=CN(C(=O)OC(C)(C)C)c1ccc(Cl)cc1I. The van der Waals surface area contributed by atoms with Crippen molar-refractivity contribution in [3.8, 4) is 0 Å². The number of carbonyl (C=O) groups excluding carboxylic acids is 1. The molecule has 0 fully saturated rings. The van der Waals surface area contributed by atoms with Crippen LogP contribution < -0.4 is 4.90 Å². The molecule has 0 aliphatic carbocycles. The lowest BCUT2D eigenvalue weighted by molar-refractivity contribution is 0.0596. The third kappa shape index (κ3) is 4.90. The molecule has 0 spiro atoms. The zero-order valence-electron chi connectivity index (χ0n) is 11.0. The maximum atomic E-state index is 12.2. The van der Waals surface area contributed by atoms with Gasteiger partial charge in [0.25, 0.3) is 0 Å². The third-order valence-electron chi connectivity index (χ3n) is 1.98. The Morgan fingerprint density at radius 1 is 1.53 bits per heavy atom. The number of hydrogen-bond acceptors (Lipinski definition) is 2. The summed E-state index contributed by atoms with van der Waals surface area (Å²) in [5.74, 6) is 0. The molecule has 1 rings (SSSR count). The van der Waals surface area contributed by atoms with Crippen LogP contribution in [0.1, 0.15) is 20.8 Å². The molecule has 102 valence electrons. The van der Waals surface area contributed by atoms with Crippen LogP contribution in [0.25, 0.3) is 0 Å². The van der Waals surface area contributed by atoms with Gasteiger partial charge in [0.05, 0.1) is 11.9 Å². The van der Waals surface area contributed by atoms with E-state index in [0.29, 0.717) is 10.7 Å². The van der Waals surface area contributed by atoms with Gasteiger partial charge in [-0.2, -0.15) is 0 Å². The molecule has 0 aliphatic heterocycles. The summed E-state index contributed by atoms with van der Waals surface area (Å²) in [4.78, 5) is 13.5. The van der Waals surface area contributed by atoms with Crippen molar-refractivity contribution in [3.63, 3.8) is 0 Å². The van der Waals surface area contributed by atoms with Crippen LogP contribution in [-0.2, 0) is 4.74 Å². The van der Waals surface area contributed by atoms with Gasteiger partial charge in [0, 0.05) is 8.59 Å². The second-order valence-electron chi connectivity index (χ2n) is 4.78. The number of rotatable bonds is 2. The number of benzene rings is 1. The minimum Gasteiger partial charge on any atom is -0.443 e. The molecule has 0 radical (unpaired) electrons. The van der Waals surface area contributed by atoms with Crippen molar-refractivity contribution in [2.75, 3.05) is 4.90 Å². The molecule has 1 aromatic rings. The van der Waals surface area contributed by atoms with Gasteiger partial charge in [0.1, 0.15) is 5.60 Å². The Labute approximate surface area is 132 Å². The van der Waals surface area contributed by atoms with Crippen LogP contribution in [0.4, 0.5) is 10.5 Å². The Morgan fingerprint density at radius 2 is 2.16 bits per heavy atom. The Hall–Kier alpha value is -0.970. The van der Waals surface area contributed by atoms with Crippen LogP contribution >= 0.6 is 34.2 Å². The molecule has 0 heterocycles. The fourth-order valence-electron chi connectivity index (χ4n) is 1.30. The van der Waals surface area contributed by atoms with E-state index in [2.05, 4.69) is 34.9 Å². The van der Waals surface area contributed by atoms with E-state index >= 15 is 0 Å². The molecule has 0 atom stereocenters. The maximum absolute atomic E-state index is 12.2. The monoisotopic (exact) mass is 391 g/mol. The van der Waals surface area contributed by atoms with Gasteiger partial charge in [0.15, 0.2) is 0 Å². The van der Waals surface area contributed by atoms with Crippen molar-refractivity contribution in [2.45, 2.75) is 26.4 Å². The molecule has 1 aromatic carbocycles. The predicted octanol–water partition coefficient (Wildman–Crippen LogP) is 4.98. The minimum atomic E-state index is -0.567. The highest BCUT2D eigenvalue weighted by Crippen LogP contribution is 2.27. The molecule has 0 saturated carbocycles. The van der Waals surface area contributed by atoms with Crippen molar-refractivity contribution in [2.24, 2.45) is 0 Å². The Morgan fingerprint density at radius 3 is 2.63 bits per heavy atom. The Kier molecular flexibility index (Phi) is 5.47. The quantitative estimate of drug-likeness (QED) is 0.525. The second kappa shape index (κ2) is 6.46. The third-order valence-corrected chi connectivity index (χ3v) is 3.08. The van der Waals surface area contributed by atoms with Gasteiger partial charge in [0.2, 0.25) is 0 Å². The number of carbonyl (C=O) groups is 1. The highest BCUT2D eigenvalue weighted by molar-refractivity contribution is 14.1. The van der Waals surface area contributed by atoms with Crippen molar-refractivity contribution < 1.29 is 9.53 Å². The van der Waals surface area contributed by atoms with Gasteiger partial charge in [-0.15, -0.1) is 5.73 Å². The average Bonchev–Trinajstić information content (AvgIpc) is 2.24. The first-order valence-corrected chi connectivity index (χ1v) is 7.03. The molecule has 3 nitrogen and oxygen atoms in total. The van der Waals surface area contributed by atoms with Gasteiger partial charge in [-0.25, -0.2) is 9.69 Å². The average molecular weight is 392 g/mol. The molecule has 0 aliphatic rings. The van der Waals surface area contributed by atoms with Crippen molar-refractivity contribution in [3.05, 3.63) is 45.3 Å². The highest BCUT2D eigenvalue weighted by Gasteiger charge is 2.23. The lowest BCUT2D eigenvalue weighted by atomic mass is 10.2. The first kappa shape index (κ1) is 16.1. The standard InChI is InChI=1S/C14H15ClINO2/c1-5-8-17(13(18)19-14(2,3)4)12-7-6-10(15)9-11(12)16/h6-9H,1H2,2-4H3. The largest absolute Gasteiger partial charge is 0.443 e. The van der Waals surface area contributed by atoms with Crippen LogP contribution in [0.15, 0.2) is 36.7 Å². The van der Waals surface area contributed by atoms with Crippen molar-refractivity contribution in [1.82, 2.24) is 0 Å². The molecule has 0 bridgehead atoms. The second-order valence-corrected chi connectivity index (χ2v) is 6.38. The summed E-state index contributed by atoms with van der Waals surface area (Å²) < 4.78 is 6.18. The predicted molar refractivity (Wildman–Crippen MR) is 86.6 cm³/mol. The number of hydrogen-bond donors (Lipinski definition) is 0. The summed E-state index contributed by atoms with van der Waals surface area (Å²) in [6.07, 6.45) is 0.961. The fraction of sp³-hybridized carbons (Fsp3) is 0.286. The van der Waals surface area contributed by atoms with E-state index in [1.807, 2.05) is 20.8 Å². The van der Waals surface area contributed by atoms with Gasteiger partial charge >= 0.3 is 6.09 Å². The molecule has 0 N–H and O–H groups in total. The van der Waals surface area contributed by atoms with E-state index in [4.69, 9.17) is 16.3 Å². The first-order valence-electron chi connectivity index (χ1n) is 5.58. The Balaban J connectivity index is 3.14. The van der Waals surface area contributed by atoms with Crippen molar-refractivity contribution >= 4 is 46.0 Å². The van der Waals surface area contributed by atoms with Crippen LogP contribution in [0.3, 0.4) is 0 Å². The molecular weight excluding hydrogens is 377 g/mol. The van der Waals surface area contributed by atoms with Gasteiger partial charge < -0.3 is 4.74 Å².